The predicted molar refractivity (Wildman–Crippen MR) is 140 cm³/mol. The molecular formula is C27H48O15. The maximum absolute atomic E-state index is 11.5. The molecule has 0 aromatic heterocycles. The molecule has 4 saturated heterocycles. The first-order valence-electron chi connectivity index (χ1n) is 14.8. The van der Waals surface area contributed by atoms with Crippen LogP contribution in [0, 0.1) is 5.92 Å². The molecule has 0 radical (unpaired) electrons. The van der Waals surface area contributed by atoms with Crippen LogP contribution in [0.3, 0.4) is 0 Å². The standard InChI is InChI=1S/C27H48O15/c1-12(2)25-27(42-22-7-17(33)23(34)18(10-30)39-22)24(35)26(19(11-31)40-25)41-21-6-14(5-16(9-29)38-21)36-20-4-13(32)3-15(8-28)37-20/h12-35H,3-11H2,1-2H3/t13-,14-,15-,16-,17+,18+,19+,20+,21-,22-,23-,24-,25?,26+,27+/m0/s1. The van der Waals surface area contributed by atoms with Crippen LogP contribution in [0.25, 0.3) is 0 Å². The summed E-state index contributed by atoms with van der Waals surface area (Å²) in [5, 5.41) is 81.0. The third-order valence-corrected chi connectivity index (χ3v) is 8.29. The van der Waals surface area contributed by atoms with Crippen molar-refractivity contribution < 1.29 is 74.0 Å². The molecule has 0 aromatic carbocycles. The van der Waals surface area contributed by atoms with Crippen LogP contribution in [0.4, 0.5) is 0 Å². The van der Waals surface area contributed by atoms with E-state index in [1.54, 1.807) is 0 Å². The van der Waals surface area contributed by atoms with Crippen molar-refractivity contribution >= 4 is 0 Å². The van der Waals surface area contributed by atoms with Crippen molar-refractivity contribution in [2.75, 3.05) is 26.4 Å². The Labute approximate surface area is 244 Å². The van der Waals surface area contributed by atoms with E-state index in [0.717, 1.165) is 0 Å². The van der Waals surface area contributed by atoms with Gasteiger partial charge in [-0.15, -0.1) is 0 Å². The Morgan fingerprint density at radius 3 is 1.81 bits per heavy atom. The molecule has 4 fully saturated rings. The highest BCUT2D eigenvalue weighted by Gasteiger charge is 2.51. The molecule has 246 valence electrons. The Hall–Kier alpha value is -0.600. The molecule has 1 unspecified atom stereocenters. The van der Waals surface area contributed by atoms with Crippen LogP contribution in [0.1, 0.15) is 46.0 Å². The normalized spacial score (nSPS) is 47.1. The Morgan fingerprint density at radius 2 is 1.19 bits per heavy atom. The fourth-order valence-electron chi connectivity index (χ4n) is 6.09. The molecule has 0 spiro atoms. The maximum atomic E-state index is 11.5. The van der Waals surface area contributed by atoms with Gasteiger partial charge < -0.3 is 74.0 Å². The highest BCUT2D eigenvalue weighted by Crippen LogP contribution is 2.35. The Balaban J connectivity index is 1.45. The van der Waals surface area contributed by atoms with Gasteiger partial charge in [0.25, 0.3) is 0 Å². The Bertz CT molecular complexity index is 805. The van der Waals surface area contributed by atoms with Crippen LogP contribution in [-0.4, -0.2) is 159 Å². The molecule has 0 saturated carbocycles. The first-order chi connectivity index (χ1) is 20.1. The summed E-state index contributed by atoms with van der Waals surface area (Å²) in [7, 11) is 0. The quantitative estimate of drug-likeness (QED) is 0.117. The largest absolute Gasteiger partial charge is 0.394 e. The summed E-state index contributed by atoms with van der Waals surface area (Å²) in [6, 6.07) is 0. The summed E-state index contributed by atoms with van der Waals surface area (Å²) in [5.74, 6) is -0.177. The summed E-state index contributed by atoms with van der Waals surface area (Å²) < 4.78 is 41.7. The van der Waals surface area contributed by atoms with Gasteiger partial charge in [-0.25, -0.2) is 0 Å². The molecule has 15 atom stereocenters. The summed E-state index contributed by atoms with van der Waals surface area (Å²) >= 11 is 0. The summed E-state index contributed by atoms with van der Waals surface area (Å²) in [5.41, 5.74) is 0. The van der Waals surface area contributed by atoms with E-state index in [-0.39, 0.29) is 38.4 Å². The second-order valence-corrected chi connectivity index (χ2v) is 11.9. The fraction of sp³-hybridized carbons (Fsp3) is 1.00. The minimum Gasteiger partial charge on any atom is -0.394 e. The van der Waals surface area contributed by atoms with E-state index in [9.17, 15) is 40.9 Å². The molecule has 4 heterocycles. The van der Waals surface area contributed by atoms with Gasteiger partial charge in [-0.2, -0.15) is 0 Å². The number of aliphatic hydroxyl groups excluding tert-OH is 8. The van der Waals surface area contributed by atoms with Crippen molar-refractivity contribution in [2.24, 2.45) is 5.92 Å². The van der Waals surface area contributed by atoms with Crippen molar-refractivity contribution in [2.45, 2.75) is 138 Å². The van der Waals surface area contributed by atoms with Crippen molar-refractivity contribution in [1.29, 1.82) is 0 Å². The van der Waals surface area contributed by atoms with Gasteiger partial charge in [0.05, 0.1) is 63.1 Å². The predicted octanol–water partition coefficient (Wildman–Crippen LogP) is -2.90. The van der Waals surface area contributed by atoms with Gasteiger partial charge in [0.1, 0.15) is 36.6 Å². The van der Waals surface area contributed by atoms with E-state index >= 15 is 0 Å². The lowest BCUT2D eigenvalue weighted by molar-refractivity contribution is -0.343. The third-order valence-electron chi connectivity index (χ3n) is 8.29. The van der Waals surface area contributed by atoms with Crippen molar-refractivity contribution in [3.05, 3.63) is 0 Å². The van der Waals surface area contributed by atoms with Gasteiger partial charge in [0.15, 0.2) is 18.9 Å². The van der Waals surface area contributed by atoms with Crippen molar-refractivity contribution in [1.82, 2.24) is 0 Å². The molecule has 4 aliphatic heterocycles. The average Bonchev–Trinajstić information content (AvgIpc) is 2.96. The molecular weight excluding hydrogens is 564 g/mol. The fourth-order valence-corrected chi connectivity index (χ4v) is 6.09. The van der Waals surface area contributed by atoms with Gasteiger partial charge >= 0.3 is 0 Å². The minimum absolute atomic E-state index is 0.112. The lowest BCUT2D eigenvalue weighted by Gasteiger charge is -2.48. The second kappa shape index (κ2) is 15.6. The van der Waals surface area contributed by atoms with Gasteiger partial charge in [0.2, 0.25) is 0 Å². The van der Waals surface area contributed by atoms with Gasteiger partial charge in [-0.1, -0.05) is 13.8 Å². The zero-order valence-electron chi connectivity index (χ0n) is 24.0. The molecule has 15 heteroatoms. The topological polar surface area (TPSA) is 226 Å². The van der Waals surface area contributed by atoms with Gasteiger partial charge in [-0.05, 0) is 5.92 Å². The molecule has 4 aliphatic rings. The zero-order valence-corrected chi connectivity index (χ0v) is 24.0. The number of hydrogen-bond donors (Lipinski definition) is 8. The summed E-state index contributed by atoms with van der Waals surface area (Å²) in [6.07, 6.45) is -13.2. The molecule has 8 N–H and O–H groups in total. The number of aliphatic hydroxyl groups is 8. The summed E-state index contributed by atoms with van der Waals surface area (Å²) in [4.78, 5) is 0. The molecule has 0 bridgehead atoms. The van der Waals surface area contributed by atoms with Crippen molar-refractivity contribution in [3.8, 4) is 0 Å². The van der Waals surface area contributed by atoms with E-state index in [4.69, 9.17) is 33.2 Å². The van der Waals surface area contributed by atoms with Crippen LogP contribution in [0.2, 0.25) is 0 Å². The Morgan fingerprint density at radius 1 is 0.595 bits per heavy atom. The number of ether oxygens (including phenoxy) is 7. The van der Waals surface area contributed by atoms with E-state index < -0.39 is 105 Å². The van der Waals surface area contributed by atoms with Crippen molar-refractivity contribution in [3.63, 3.8) is 0 Å². The highest BCUT2D eigenvalue weighted by atomic mass is 16.7. The zero-order chi connectivity index (χ0) is 30.6. The lowest BCUT2D eigenvalue weighted by Crippen LogP contribution is -2.64. The smallest absolute Gasteiger partial charge is 0.161 e. The van der Waals surface area contributed by atoms with Crippen LogP contribution >= 0.6 is 0 Å². The van der Waals surface area contributed by atoms with Gasteiger partial charge in [0, 0.05) is 32.1 Å². The molecule has 0 amide bonds. The Kier molecular flexibility index (Phi) is 12.7. The molecule has 0 aliphatic carbocycles. The van der Waals surface area contributed by atoms with E-state index in [2.05, 4.69) is 0 Å². The maximum Gasteiger partial charge on any atom is 0.161 e. The summed E-state index contributed by atoms with van der Waals surface area (Å²) in [6.45, 7) is 2.08. The minimum atomic E-state index is -1.36. The average molecular weight is 613 g/mol. The second-order valence-electron chi connectivity index (χ2n) is 11.9. The van der Waals surface area contributed by atoms with E-state index in [0.29, 0.717) is 12.8 Å². The molecule has 15 nitrogen and oxygen atoms in total. The SMILES string of the molecule is CC(C)C1O[C@H](CO)[C@@H](O[C@H]2C[C@@H](O[C@H]3C[C@@H](O)C[C@@H](CO)O3)C[C@@H](CO)O2)[C@H](O)[C@H]1O[C@H]1C[C@@H](O)[C@H](O)[C@@H](CO)O1. The molecule has 42 heavy (non-hydrogen) atoms. The lowest BCUT2D eigenvalue weighted by atomic mass is 9.89. The van der Waals surface area contributed by atoms with Crippen LogP contribution in [0.5, 0.6) is 0 Å². The number of rotatable bonds is 11. The monoisotopic (exact) mass is 612 g/mol. The van der Waals surface area contributed by atoms with Gasteiger partial charge in [-0.3, -0.25) is 0 Å². The first kappa shape index (κ1) is 34.3. The van der Waals surface area contributed by atoms with E-state index in [1.807, 2.05) is 13.8 Å². The number of hydrogen-bond acceptors (Lipinski definition) is 15. The first-order valence-corrected chi connectivity index (χ1v) is 14.8. The van der Waals surface area contributed by atoms with Crippen LogP contribution in [0.15, 0.2) is 0 Å². The highest BCUT2D eigenvalue weighted by molar-refractivity contribution is 4.96. The molecule has 0 aromatic rings. The van der Waals surface area contributed by atoms with Crippen LogP contribution in [-0.2, 0) is 33.2 Å². The van der Waals surface area contributed by atoms with Crippen LogP contribution < -0.4 is 0 Å². The van der Waals surface area contributed by atoms with E-state index in [1.165, 1.54) is 0 Å². The molecule has 4 rings (SSSR count). The third kappa shape index (κ3) is 8.35.